The summed E-state index contributed by atoms with van der Waals surface area (Å²) in [6, 6.07) is 7.22. The van der Waals surface area contributed by atoms with Crippen LogP contribution in [-0.4, -0.2) is 22.6 Å². The van der Waals surface area contributed by atoms with Crippen LogP contribution < -0.4 is 4.18 Å². The fourth-order valence-corrected chi connectivity index (χ4v) is 2.52. The van der Waals surface area contributed by atoms with Crippen LogP contribution in [0.3, 0.4) is 0 Å². The first-order valence-electron chi connectivity index (χ1n) is 3.94. The fraction of sp³-hybridized carbons (Fsp3) is 0.111. The summed E-state index contributed by atoms with van der Waals surface area (Å²) in [5.74, 6) is -1.01. The van der Waals surface area contributed by atoms with E-state index in [1.54, 1.807) is 12.1 Å². The highest BCUT2D eigenvalue weighted by Gasteiger charge is 2.25. The molecule has 4 nitrogen and oxygen atoms in total. The molecule has 0 spiro atoms. The first-order valence-corrected chi connectivity index (χ1v) is 5.05. The van der Waals surface area contributed by atoms with Crippen molar-refractivity contribution in [3.05, 3.63) is 30.0 Å². The van der Waals surface area contributed by atoms with E-state index in [0.717, 1.165) is 4.70 Å². The van der Waals surface area contributed by atoms with Crippen LogP contribution in [0.5, 0.6) is 0 Å². The highest BCUT2D eigenvalue weighted by Crippen LogP contribution is 2.29. The van der Waals surface area contributed by atoms with Gasteiger partial charge in [0, 0.05) is 10.4 Å². The summed E-state index contributed by atoms with van der Waals surface area (Å²) in [6.45, 7) is 0. The number of carbonyl (C=O) groups is 1. The van der Waals surface area contributed by atoms with Gasteiger partial charge in [0.25, 0.3) is 10.9 Å². The Morgan fingerprint density at radius 2 is 2.21 bits per heavy atom. The van der Waals surface area contributed by atoms with E-state index in [0.29, 0.717) is 5.39 Å². The molecule has 0 aliphatic carbocycles. The first kappa shape index (κ1) is 9.11. The second-order valence-electron chi connectivity index (χ2n) is 2.66. The topological polar surface area (TPSA) is 59.4 Å². The minimum atomic E-state index is -1.01. The Balaban J connectivity index is 2.80. The smallest absolute Gasteiger partial charge is 0.360 e. The van der Waals surface area contributed by atoms with Crippen molar-refractivity contribution in [1.82, 2.24) is 4.37 Å². The zero-order chi connectivity index (χ0) is 10.1. The molecule has 1 N–H and O–H groups in total. The minimum absolute atomic E-state index is 0.0887. The number of rotatable bonds is 2. The van der Waals surface area contributed by atoms with Gasteiger partial charge in [-0.3, -0.25) is 0 Å². The predicted molar refractivity (Wildman–Crippen MR) is 53.7 cm³/mol. The van der Waals surface area contributed by atoms with Gasteiger partial charge in [-0.2, -0.15) is 0 Å². The van der Waals surface area contributed by atoms with E-state index in [1.807, 2.05) is 12.1 Å². The van der Waals surface area contributed by atoms with Gasteiger partial charge in [-0.25, -0.2) is 4.79 Å². The number of benzene rings is 1. The van der Waals surface area contributed by atoms with Crippen LogP contribution in [-0.2, 0) is 0 Å². The van der Waals surface area contributed by atoms with Crippen LogP contribution in [0.15, 0.2) is 24.3 Å². The molecule has 14 heavy (non-hydrogen) atoms. The van der Waals surface area contributed by atoms with Crippen molar-refractivity contribution in [3.8, 4) is 0 Å². The number of aromatic nitrogens is 1. The number of nitrogens with zero attached hydrogens (tertiary/aromatic N) is 1. The van der Waals surface area contributed by atoms with Gasteiger partial charge in [0.2, 0.25) is 10.4 Å². The Kier molecular flexibility index (Phi) is 2.18. The molecular weight excluding hydrogens is 202 g/mol. The van der Waals surface area contributed by atoms with Crippen molar-refractivity contribution in [2.24, 2.45) is 0 Å². The molecule has 0 saturated carbocycles. The lowest BCUT2D eigenvalue weighted by molar-refractivity contribution is 0.0694. The summed E-state index contributed by atoms with van der Waals surface area (Å²) in [6.07, 6.45) is 0. The standard InChI is InChI=1S/C9H7NO3S/c1-13-14-7-5-3-2-4-6(7)8(10-14)9(11)12/h2-5H,1H3/p+1. The summed E-state index contributed by atoms with van der Waals surface area (Å²) < 4.78 is 9.93. The summed E-state index contributed by atoms with van der Waals surface area (Å²) in [5, 5.41) is 9.55. The van der Waals surface area contributed by atoms with Crippen molar-refractivity contribution in [3.63, 3.8) is 0 Å². The van der Waals surface area contributed by atoms with Gasteiger partial charge in [-0.15, -0.1) is 4.18 Å². The molecule has 0 saturated heterocycles. The minimum Gasteiger partial charge on any atom is -0.476 e. The fourth-order valence-electron chi connectivity index (χ4n) is 1.28. The van der Waals surface area contributed by atoms with Crippen molar-refractivity contribution in [1.29, 1.82) is 0 Å². The van der Waals surface area contributed by atoms with Crippen LogP contribution in [0.2, 0.25) is 0 Å². The summed E-state index contributed by atoms with van der Waals surface area (Å²) in [5.41, 5.74) is 0.0887. The van der Waals surface area contributed by atoms with E-state index in [9.17, 15) is 4.79 Å². The third kappa shape index (κ3) is 1.26. The molecule has 2 rings (SSSR count). The molecule has 0 bridgehead atoms. The lowest BCUT2D eigenvalue weighted by atomic mass is 10.2. The van der Waals surface area contributed by atoms with Gasteiger partial charge in [0.05, 0.1) is 5.39 Å². The summed E-state index contributed by atoms with van der Waals surface area (Å²) >= 11 is 0. The predicted octanol–water partition coefficient (Wildman–Crippen LogP) is 1.74. The molecule has 72 valence electrons. The quantitative estimate of drug-likeness (QED) is 0.767. The van der Waals surface area contributed by atoms with Gasteiger partial charge < -0.3 is 5.11 Å². The number of carboxylic acids is 1. The maximum absolute atomic E-state index is 10.8. The number of fused-ring (bicyclic) bond motifs is 1. The molecule has 1 heterocycles. The van der Waals surface area contributed by atoms with Gasteiger partial charge in [0.1, 0.15) is 7.11 Å². The average Bonchev–Trinajstić information content (AvgIpc) is 2.56. The normalized spacial score (nSPS) is 11.9. The Morgan fingerprint density at radius 1 is 1.50 bits per heavy atom. The van der Waals surface area contributed by atoms with E-state index in [-0.39, 0.29) is 5.69 Å². The highest BCUT2D eigenvalue weighted by atomic mass is 32.2. The van der Waals surface area contributed by atoms with Gasteiger partial charge in [0.15, 0.2) is 0 Å². The zero-order valence-corrected chi connectivity index (χ0v) is 8.25. The monoisotopic (exact) mass is 210 g/mol. The molecule has 1 aromatic carbocycles. The van der Waals surface area contributed by atoms with Crippen LogP contribution >= 0.6 is 10.9 Å². The lowest BCUT2D eigenvalue weighted by Crippen LogP contribution is -1.96. The van der Waals surface area contributed by atoms with E-state index < -0.39 is 16.9 Å². The molecule has 0 aliphatic heterocycles. The second kappa shape index (κ2) is 3.36. The maximum atomic E-state index is 10.8. The molecule has 0 radical (unpaired) electrons. The maximum Gasteiger partial charge on any atom is 0.360 e. The van der Waals surface area contributed by atoms with Crippen LogP contribution in [0.25, 0.3) is 10.1 Å². The van der Waals surface area contributed by atoms with Crippen molar-refractivity contribution >= 4 is 27.0 Å². The van der Waals surface area contributed by atoms with Crippen molar-refractivity contribution in [2.75, 3.05) is 7.11 Å². The highest BCUT2D eigenvalue weighted by molar-refractivity contribution is 7.28. The van der Waals surface area contributed by atoms with Crippen molar-refractivity contribution < 1.29 is 14.1 Å². The third-order valence-corrected chi connectivity index (χ3v) is 3.26. The third-order valence-electron chi connectivity index (χ3n) is 1.86. The van der Waals surface area contributed by atoms with E-state index in [1.165, 1.54) is 7.11 Å². The molecule has 1 unspecified atom stereocenters. The van der Waals surface area contributed by atoms with Crippen LogP contribution in [0.4, 0.5) is 0 Å². The summed E-state index contributed by atoms with van der Waals surface area (Å²) in [7, 11) is 0.769. The lowest BCUT2D eigenvalue weighted by Gasteiger charge is -1.83. The van der Waals surface area contributed by atoms with E-state index in [2.05, 4.69) is 4.37 Å². The molecule has 0 aliphatic rings. The number of aromatic carboxylic acids is 1. The average molecular weight is 210 g/mol. The van der Waals surface area contributed by atoms with Crippen LogP contribution in [0.1, 0.15) is 10.5 Å². The zero-order valence-electron chi connectivity index (χ0n) is 7.43. The molecule has 0 amide bonds. The Hall–Kier alpha value is -1.46. The first-order chi connectivity index (χ1) is 6.74. The molecule has 5 heteroatoms. The molecular formula is C9H8NO3S+. The Bertz CT molecular complexity index is 492. The Morgan fingerprint density at radius 3 is 2.86 bits per heavy atom. The van der Waals surface area contributed by atoms with Gasteiger partial charge in [-0.05, 0) is 6.07 Å². The van der Waals surface area contributed by atoms with E-state index >= 15 is 0 Å². The second-order valence-corrected chi connectivity index (χ2v) is 4.11. The number of hydrogen-bond donors (Lipinski definition) is 1. The molecule has 0 fully saturated rings. The van der Waals surface area contributed by atoms with Gasteiger partial charge in [-0.1, -0.05) is 12.1 Å². The number of carboxylic acid groups (broad SMARTS) is 1. The summed E-state index contributed by atoms with van der Waals surface area (Å²) in [4.78, 5) is 10.8. The molecule has 1 aromatic heterocycles. The number of hydrogen-bond acceptors (Lipinski definition) is 3. The molecule has 1 atom stereocenters. The van der Waals surface area contributed by atoms with Crippen LogP contribution in [0, 0.1) is 0 Å². The van der Waals surface area contributed by atoms with E-state index in [4.69, 9.17) is 9.29 Å². The Labute approximate surface area is 83.1 Å². The van der Waals surface area contributed by atoms with Gasteiger partial charge >= 0.3 is 5.97 Å². The largest absolute Gasteiger partial charge is 0.476 e. The SMILES string of the molecule is CO[s+]1nc(C(=O)O)c2ccccc21. The molecule has 2 aromatic rings. The van der Waals surface area contributed by atoms with Crippen molar-refractivity contribution in [2.45, 2.75) is 0 Å².